The summed E-state index contributed by atoms with van der Waals surface area (Å²) in [5, 5.41) is 5.98. The van der Waals surface area contributed by atoms with Crippen LogP contribution in [0.4, 0.5) is 0 Å². The summed E-state index contributed by atoms with van der Waals surface area (Å²) >= 11 is -0.935. The van der Waals surface area contributed by atoms with E-state index < -0.39 is 21.2 Å². The van der Waals surface area contributed by atoms with Crippen molar-refractivity contribution in [2.75, 3.05) is 5.75 Å². The second kappa shape index (κ2) is 9.90. The maximum Gasteiger partial charge on any atom is 0.234 e. The molecule has 0 saturated heterocycles. The van der Waals surface area contributed by atoms with Crippen LogP contribution in [0.25, 0.3) is 6.08 Å². The van der Waals surface area contributed by atoms with Gasteiger partial charge in [0.1, 0.15) is 11.5 Å². The van der Waals surface area contributed by atoms with Gasteiger partial charge in [-0.25, -0.2) is 13.1 Å². The highest BCUT2D eigenvalue weighted by molar-refractivity contribution is 7.92. The van der Waals surface area contributed by atoms with Crippen molar-refractivity contribution < 1.29 is 13.0 Å². The average Bonchev–Trinajstić information content (AvgIpc) is 3.09. The molecule has 2 aliphatic rings. The van der Waals surface area contributed by atoms with Gasteiger partial charge in [0.25, 0.3) is 0 Å². The van der Waals surface area contributed by atoms with Gasteiger partial charge < -0.3 is 4.55 Å². The maximum absolute atomic E-state index is 12.8. The fourth-order valence-electron chi connectivity index (χ4n) is 4.61. The molecule has 31 heavy (non-hydrogen) atoms. The van der Waals surface area contributed by atoms with E-state index in [0.29, 0.717) is 30.4 Å². The normalized spacial score (nSPS) is 21.3. The molecular weight excluding hydrogens is 430 g/mol. The van der Waals surface area contributed by atoms with Crippen LogP contribution in [0.15, 0.2) is 35.7 Å². The van der Waals surface area contributed by atoms with Crippen molar-refractivity contribution in [1.82, 2.24) is 14.5 Å². The van der Waals surface area contributed by atoms with Crippen LogP contribution >= 0.6 is 0 Å². The first kappa shape index (κ1) is 22.6. The van der Waals surface area contributed by atoms with Crippen molar-refractivity contribution in [3.8, 4) is 0 Å². The fraction of sp³-hybridized carbons (Fsp3) is 0.522. The number of rotatable bonds is 7. The second-order valence-electron chi connectivity index (χ2n) is 8.64. The van der Waals surface area contributed by atoms with Crippen LogP contribution in [0.5, 0.6) is 0 Å². The van der Waals surface area contributed by atoms with Crippen molar-refractivity contribution >= 4 is 27.3 Å². The Labute approximate surface area is 188 Å². The minimum absolute atomic E-state index is 0.0781. The summed E-state index contributed by atoms with van der Waals surface area (Å²) in [6, 6.07) is 9.89. The van der Waals surface area contributed by atoms with Gasteiger partial charge in [0.05, 0.1) is 17.9 Å². The highest BCUT2D eigenvalue weighted by Gasteiger charge is 2.27. The summed E-state index contributed by atoms with van der Waals surface area (Å²) in [5.41, 5.74) is 3.66. The number of fused-ring (bicyclic) bond motifs is 1. The molecule has 2 atom stereocenters. The number of aromatic nitrogens is 2. The van der Waals surface area contributed by atoms with Crippen LogP contribution in [-0.4, -0.2) is 34.5 Å². The number of hydrogen-bond acceptors (Lipinski definition) is 4. The molecule has 1 fully saturated rings. The van der Waals surface area contributed by atoms with E-state index in [9.17, 15) is 13.0 Å². The first-order valence-electron chi connectivity index (χ1n) is 11.1. The lowest BCUT2D eigenvalue weighted by Crippen LogP contribution is -2.37. The summed E-state index contributed by atoms with van der Waals surface area (Å²) in [6.45, 7) is 2.51. The lowest BCUT2D eigenvalue weighted by molar-refractivity contribution is 0.303. The van der Waals surface area contributed by atoms with Gasteiger partial charge in [0, 0.05) is 23.4 Å². The lowest BCUT2D eigenvalue weighted by Gasteiger charge is -2.27. The van der Waals surface area contributed by atoms with E-state index in [4.69, 9.17) is 5.10 Å². The summed E-state index contributed by atoms with van der Waals surface area (Å²) in [4.78, 5) is 0. The van der Waals surface area contributed by atoms with E-state index in [1.165, 1.54) is 24.7 Å². The van der Waals surface area contributed by atoms with E-state index >= 15 is 0 Å². The number of sulfonamides is 1. The minimum Gasteiger partial charge on any atom is -0.616 e. The average molecular weight is 462 g/mol. The minimum atomic E-state index is -3.58. The molecule has 1 unspecified atom stereocenters. The Hall–Kier alpha value is -1.61. The van der Waals surface area contributed by atoms with Gasteiger partial charge in [-0.05, 0) is 48.5 Å². The van der Waals surface area contributed by atoms with Gasteiger partial charge in [-0.1, -0.05) is 49.6 Å². The molecule has 0 bridgehead atoms. The molecule has 0 radical (unpaired) electrons. The largest absolute Gasteiger partial charge is 0.616 e. The van der Waals surface area contributed by atoms with Crippen molar-refractivity contribution in [2.45, 2.75) is 63.8 Å². The Morgan fingerprint density at radius 3 is 2.74 bits per heavy atom. The quantitative estimate of drug-likeness (QED) is 0.638. The molecule has 1 aromatic heterocycles. The van der Waals surface area contributed by atoms with Crippen LogP contribution < -0.4 is 4.72 Å². The second-order valence-corrected chi connectivity index (χ2v) is 11.8. The standard InChI is InChI=1S/C23H31N3O3S2/c1-18(20-10-6-3-7-11-20)25-31(28,29)15-13-23-21-17-30(27)14-12-22(21)24-26(23)16-19-8-4-2-5-9-19/h2,4-5,8-9,13,15,18,20,25H,3,6-7,10-12,14,16-17H2,1H3/b15-13+/t18-,30?/m1/s1. The van der Waals surface area contributed by atoms with E-state index in [1.807, 2.05) is 41.9 Å². The number of nitrogens with one attached hydrogen (secondary N) is 1. The van der Waals surface area contributed by atoms with Gasteiger partial charge in [-0.15, -0.1) is 0 Å². The number of nitrogens with zero attached hydrogens (tertiary/aromatic N) is 2. The fourth-order valence-corrected chi connectivity index (χ4v) is 6.91. The topological polar surface area (TPSA) is 87.0 Å². The summed E-state index contributed by atoms with van der Waals surface area (Å²) in [5.74, 6) is 1.43. The molecule has 0 spiro atoms. The summed E-state index contributed by atoms with van der Waals surface area (Å²) in [7, 11) is -3.58. The third-order valence-electron chi connectivity index (χ3n) is 6.34. The van der Waals surface area contributed by atoms with Crippen LogP contribution in [0.2, 0.25) is 0 Å². The molecule has 1 saturated carbocycles. The molecule has 168 valence electrons. The van der Waals surface area contributed by atoms with Crippen LogP contribution in [-0.2, 0) is 39.9 Å². The van der Waals surface area contributed by atoms with Crippen LogP contribution in [0, 0.1) is 5.92 Å². The molecule has 0 amide bonds. The van der Waals surface area contributed by atoms with Gasteiger partial charge in [0.15, 0.2) is 0 Å². The molecule has 1 aromatic carbocycles. The van der Waals surface area contributed by atoms with Crippen molar-refractivity contribution in [1.29, 1.82) is 0 Å². The summed E-state index contributed by atoms with van der Waals surface area (Å²) < 4.78 is 42.5. The molecule has 4 rings (SSSR count). The number of aryl methyl sites for hydroxylation is 1. The lowest BCUT2D eigenvalue weighted by atomic mass is 9.85. The highest BCUT2D eigenvalue weighted by atomic mass is 32.2. The van der Waals surface area contributed by atoms with E-state index in [-0.39, 0.29) is 6.04 Å². The van der Waals surface area contributed by atoms with Gasteiger partial charge >= 0.3 is 0 Å². The molecule has 1 N–H and O–H groups in total. The van der Waals surface area contributed by atoms with Crippen molar-refractivity contribution in [3.05, 3.63) is 58.3 Å². The Morgan fingerprint density at radius 2 is 2.00 bits per heavy atom. The zero-order valence-electron chi connectivity index (χ0n) is 18.0. The summed E-state index contributed by atoms with van der Waals surface area (Å²) in [6.07, 6.45) is 8.05. The Bertz CT molecular complexity index is 1010. The van der Waals surface area contributed by atoms with E-state index in [0.717, 1.165) is 35.4 Å². The molecule has 2 aromatic rings. The predicted molar refractivity (Wildman–Crippen MR) is 125 cm³/mol. The Morgan fingerprint density at radius 1 is 1.26 bits per heavy atom. The third-order valence-corrected chi connectivity index (χ3v) is 8.80. The van der Waals surface area contributed by atoms with E-state index in [2.05, 4.69) is 4.72 Å². The van der Waals surface area contributed by atoms with Gasteiger partial charge in [-0.3, -0.25) is 4.68 Å². The van der Waals surface area contributed by atoms with E-state index in [1.54, 1.807) is 6.08 Å². The molecular formula is C23H31N3O3S2. The van der Waals surface area contributed by atoms with Gasteiger partial charge in [0.2, 0.25) is 10.0 Å². The zero-order valence-corrected chi connectivity index (χ0v) is 19.6. The van der Waals surface area contributed by atoms with Crippen molar-refractivity contribution in [2.24, 2.45) is 5.92 Å². The smallest absolute Gasteiger partial charge is 0.234 e. The Kier molecular flexibility index (Phi) is 7.21. The van der Waals surface area contributed by atoms with Crippen LogP contribution in [0.1, 0.15) is 61.5 Å². The molecule has 1 aliphatic carbocycles. The molecule has 8 heteroatoms. The number of benzene rings is 1. The maximum atomic E-state index is 12.8. The highest BCUT2D eigenvalue weighted by Crippen LogP contribution is 2.28. The first-order valence-corrected chi connectivity index (χ1v) is 14.1. The Balaban J connectivity index is 1.57. The monoisotopic (exact) mass is 461 g/mol. The molecule has 6 nitrogen and oxygen atoms in total. The molecule has 1 aliphatic heterocycles. The first-order chi connectivity index (χ1) is 14.9. The SMILES string of the molecule is C[C@@H](NS(=O)(=O)/C=C/c1c2c(nn1Cc1ccccc1)CC[S+]([O-])C2)C1CCCCC1. The zero-order chi connectivity index (χ0) is 21.8. The molecule has 2 heterocycles. The third kappa shape index (κ3) is 5.80. The van der Waals surface area contributed by atoms with Crippen LogP contribution in [0.3, 0.4) is 0 Å². The predicted octanol–water partition coefficient (Wildman–Crippen LogP) is 3.60. The number of hydrogen-bond donors (Lipinski definition) is 1. The van der Waals surface area contributed by atoms with Crippen molar-refractivity contribution in [3.63, 3.8) is 0 Å². The van der Waals surface area contributed by atoms with Gasteiger partial charge in [-0.2, -0.15) is 5.10 Å².